The van der Waals surface area contributed by atoms with Crippen LogP contribution < -0.4 is 5.32 Å². The third kappa shape index (κ3) is 5.16. The first-order valence-electron chi connectivity index (χ1n) is 6.90. The molecule has 2 fully saturated rings. The van der Waals surface area contributed by atoms with E-state index < -0.39 is 0 Å². The second kappa shape index (κ2) is 7.62. The fraction of sp³-hybridized carbons (Fsp3) is 1.00. The zero-order chi connectivity index (χ0) is 11.9. The zero-order valence-electron chi connectivity index (χ0n) is 10.8. The average Bonchev–Trinajstić information content (AvgIpc) is 2.99. The first-order chi connectivity index (χ1) is 8.34. The maximum absolute atomic E-state index is 5.63. The van der Waals surface area contributed by atoms with Crippen molar-refractivity contribution >= 4 is 11.8 Å². The van der Waals surface area contributed by atoms with Crippen molar-refractivity contribution in [1.82, 2.24) is 5.32 Å². The molecule has 0 amide bonds. The lowest BCUT2D eigenvalue weighted by atomic mass is 10.2. The molecule has 3 nitrogen and oxygen atoms in total. The van der Waals surface area contributed by atoms with Gasteiger partial charge in [-0.1, -0.05) is 6.92 Å². The minimum absolute atomic E-state index is 0.463. The van der Waals surface area contributed by atoms with Gasteiger partial charge in [-0.05, 0) is 25.7 Å². The Morgan fingerprint density at radius 3 is 2.53 bits per heavy atom. The van der Waals surface area contributed by atoms with E-state index in [0.717, 1.165) is 32.1 Å². The van der Waals surface area contributed by atoms with Crippen molar-refractivity contribution in [2.45, 2.75) is 50.1 Å². The molecular formula is C13H25NO2S. The van der Waals surface area contributed by atoms with E-state index in [0.29, 0.717) is 17.5 Å². The molecule has 2 aliphatic heterocycles. The molecule has 2 saturated heterocycles. The molecule has 2 heterocycles. The molecule has 0 aromatic heterocycles. The van der Waals surface area contributed by atoms with Crippen LogP contribution in [0.25, 0.3) is 0 Å². The summed E-state index contributed by atoms with van der Waals surface area (Å²) in [7, 11) is 0. The Morgan fingerprint density at radius 1 is 1.18 bits per heavy atom. The first-order valence-corrected chi connectivity index (χ1v) is 7.95. The molecule has 0 aromatic carbocycles. The molecule has 3 atom stereocenters. The SMILES string of the molecule is CC(CNCC1CCCO1)SCC1CCCO1. The Balaban J connectivity index is 1.46. The highest BCUT2D eigenvalue weighted by Crippen LogP contribution is 2.20. The Kier molecular flexibility index (Phi) is 6.12. The number of ether oxygens (including phenoxy) is 2. The van der Waals surface area contributed by atoms with Gasteiger partial charge in [0.1, 0.15) is 0 Å². The number of nitrogens with one attached hydrogen (secondary N) is 1. The highest BCUT2D eigenvalue weighted by atomic mass is 32.2. The summed E-state index contributed by atoms with van der Waals surface area (Å²) in [6.45, 7) is 6.32. The van der Waals surface area contributed by atoms with Gasteiger partial charge in [0.2, 0.25) is 0 Å². The monoisotopic (exact) mass is 259 g/mol. The molecule has 17 heavy (non-hydrogen) atoms. The van der Waals surface area contributed by atoms with Gasteiger partial charge in [-0.15, -0.1) is 0 Å². The van der Waals surface area contributed by atoms with Crippen molar-refractivity contribution in [2.75, 3.05) is 32.1 Å². The molecular weight excluding hydrogens is 234 g/mol. The van der Waals surface area contributed by atoms with E-state index in [1.165, 1.54) is 25.7 Å². The van der Waals surface area contributed by atoms with Crippen LogP contribution >= 0.6 is 11.8 Å². The largest absolute Gasteiger partial charge is 0.377 e. The summed E-state index contributed by atoms with van der Waals surface area (Å²) in [4.78, 5) is 0. The highest BCUT2D eigenvalue weighted by molar-refractivity contribution is 7.99. The summed E-state index contributed by atoms with van der Waals surface area (Å²) in [6.07, 6.45) is 5.94. The summed E-state index contributed by atoms with van der Waals surface area (Å²) in [5, 5.41) is 4.18. The molecule has 0 spiro atoms. The molecule has 1 N–H and O–H groups in total. The normalized spacial score (nSPS) is 30.9. The van der Waals surface area contributed by atoms with Crippen molar-refractivity contribution in [2.24, 2.45) is 0 Å². The lowest BCUT2D eigenvalue weighted by Crippen LogP contribution is -2.31. The summed E-state index contributed by atoms with van der Waals surface area (Å²) in [5.74, 6) is 1.16. The molecule has 100 valence electrons. The van der Waals surface area contributed by atoms with E-state index in [-0.39, 0.29) is 0 Å². The van der Waals surface area contributed by atoms with Crippen LogP contribution in [0.3, 0.4) is 0 Å². The van der Waals surface area contributed by atoms with Gasteiger partial charge in [-0.25, -0.2) is 0 Å². The predicted molar refractivity (Wildman–Crippen MR) is 72.7 cm³/mol. The van der Waals surface area contributed by atoms with Crippen LogP contribution in [0, 0.1) is 0 Å². The van der Waals surface area contributed by atoms with Gasteiger partial charge in [-0.3, -0.25) is 0 Å². The van der Waals surface area contributed by atoms with Crippen LogP contribution in [0.15, 0.2) is 0 Å². The van der Waals surface area contributed by atoms with E-state index in [9.17, 15) is 0 Å². The third-order valence-corrected chi connectivity index (χ3v) is 4.72. The number of thioether (sulfide) groups is 1. The maximum Gasteiger partial charge on any atom is 0.0700 e. The van der Waals surface area contributed by atoms with Crippen molar-refractivity contribution in [3.63, 3.8) is 0 Å². The Hall–Kier alpha value is 0.230. The second-order valence-electron chi connectivity index (χ2n) is 5.07. The van der Waals surface area contributed by atoms with E-state index >= 15 is 0 Å². The summed E-state index contributed by atoms with van der Waals surface area (Å²) in [5.41, 5.74) is 0. The van der Waals surface area contributed by atoms with Crippen molar-refractivity contribution < 1.29 is 9.47 Å². The first kappa shape index (κ1) is 13.7. The molecule has 0 aliphatic carbocycles. The smallest absolute Gasteiger partial charge is 0.0700 e. The van der Waals surface area contributed by atoms with Crippen molar-refractivity contribution in [3.05, 3.63) is 0 Å². The fourth-order valence-corrected chi connectivity index (χ4v) is 3.40. The minimum Gasteiger partial charge on any atom is -0.377 e. The van der Waals surface area contributed by atoms with Gasteiger partial charge in [-0.2, -0.15) is 11.8 Å². The molecule has 0 aromatic rings. The molecule has 0 bridgehead atoms. The van der Waals surface area contributed by atoms with Crippen LogP contribution in [0.2, 0.25) is 0 Å². The van der Waals surface area contributed by atoms with E-state index in [1.54, 1.807) is 0 Å². The summed E-state index contributed by atoms with van der Waals surface area (Å²) < 4.78 is 11.2. The third-order valence-electron chi connectivity index (χ3n) is 3.42. The van der Waals surface area contributed by atoms with Gasteiger partial charge in [0.15, 0.2) is 0 Å². The molecule has 0 saturated carbocycles. The fourth-order valence-electron chi connectivity index (χ4n) is 2.36. The molecule has 4 heteroatoms. The van der Waals surface area contributed by atoms with Crippen LogP contribution in [0.1, 0.15) is 32.6 Å². The second-order valence-corrected chi connectivity index (χ2v) is 6.54. The van der Waals surface area contributed by atoms with Gasteiger partial charge >= 0.3 is 0 Å². The maximum atomic E-state index is 5.63. The van der Waals surface area contributed by atoms with Crippen LogP contribution in [0.4, 0.5) is 0 Å². The number of hydrogen-bond donors (Lipinski definition) is 1. The van der Waals surface area contributed by atoms with Gasteiger partial charge in [0, 0.05) is 37.3 Å². The van der Waals surface area contributed by atoms with Gasteiger partial charge < -0.3 is 14.8 Å². The molecule has 0 radical (unpaired) electrons. The topological polar surface area (TPSA) is 30.5 Å². The standard InChI is InChI=1S/C13H25NO2S/c1-11(17-10-13-5-3-7-16-13)8-14-9-12-4-2-6-15-12/h11-14H,2-10H2,1H3. The number of rotatable bonds is 7. The van der Waals surface area contributed by atoms with Crippen LogP contribution in [0.5, 0.6) is 0 Å². The van der Waals surface area contributed by atoms with Gasteiger partial charge in [0.25, 0.3) is 0 Å². The zero-order valence-corrected chi connectivity index (χ0v) is 11.6. The number of hydrogen-bond acceptors (Lipinski definition) is 4. The average molecular weight is 259 g/mol. The molecule has 2 aliphatic rings. The minimum atomic E-state index is 0.463. The predicted octanol–water partition coefficient (Wildman–Crippen LogP) is 2.06. The Bertz CT molecular complexity index is 204. The van der Waals surface area contributed by atoms with Crippen LogP contribution in [-0.2, 0) is 9.47 Å². The van der Waals surface area contributed by atoms with E-state index in [2.05, 4.69) is 12.2 Å². The highest BCUT2D eigenvalue weighted by Gasteiger charge is 2.17. The Morgan fingerprint density at radius 2 is 1.88 bits per heavy atom. The van der Waals surface area contributed by atoms with Crippen molar-refractivity contribution in [3.8, 4) is 0 Å². The van der Waals surface area contributed by atoms with Crippen LogP contribution in [-0.4, -0.2) is 49.5 Å². The Labute approximate surface area is 109 Å². The summed E-state index contributed by atoms with van der Waals surface area (Å²) >= 11 is 2.03. The van der Waals surface area contributed by atoms with Gasteiger partial charge in [0.05, 0.1) is 12.2 Å². The quantitative estimate of drug-likeness (QED) is 0.758. The molecule has 2 rings (SSSR count). The van der Waals surface area contributed by atoms with E-state index in [4.69, 9.17) is 9.47 Å². The van der Waals surface area contributed by atoms with Crippen molar-refractivity contribution in [1.29, 1.82) is 0 Å². The van der Waals surface area contributed by atoms with E-state index in [1.807, 2.05) is 11.8 Å². The molecule has 3 unspecified atom stereocenters. The lowest BCUT2D eigenvalue weighted by molar-refractivity contribution is 0.110. The lowest BCUT2D eigenvalue weighted by Gasteiger charge is -2.16. The summed E-state index contributed by atoms with van der Waals surface area (Å²) in [6, 6.07) is 0.